The summed E-state index contributed by atoms with van der Waals surface area (Å²) in [6, 6.07) is 6.89. The smallest absolute Gasteiger partial charge is 0.313 e. The van der Waals surface area contributed by atoms with Gasteiger partial charge in [-0.3, -0.25) is 4.79 Å². The molecule has 1 N–H and O–H groups in total. The molecule has 1 aromatic carbocycles. The summed E-state index contributed by atoms with van der Waals surface area (Å²) < 4.78 is 35.0. The topological polar surface area (TPSA) is 102 Å². The molecule has 8 nitrogen and oxygen atoms in total. The van der Waals surface area contributed by atoms with Gasteiger partial charge in [-0.1, -0.05) is 6.07 Å². The molecule has 1 aromatic heterocycles. The van der Waals surface area contributed by atoms with Crippen LogP contribution in [0, 0.1) is 18.3 Å². The molecule has 0 radical (unpaired) electrons. The Morgan fingerprint density at radius 3 is 2.89 bits per heavy atom. The van der Waals surface area contributed by atoms with Gasteiger partial charge >= 0.3 is 5.97 Å². The van der Waals surface area contributed by atoms with Crippen molar-refractivity contribution in [2.45, 2.75) is 18.2 Å². The second-order valence-electron chi connectivity index (χ2n) is 7.20. The van der Waals surface area contributed by atoms with E-state index in [1.165, 1.54) is 4.31 Å². The number of carbonyl (C=O) groups is 1. The molecule has 0 saturated carbocycles. The highest BCUT2D eigenvalue weighted by Crippen LogP contribution is 2.43. The van der Waals surface area contributed by atoms with E-state index in [4.69, 9.17) is 4.74 Å². The van der Waals surface area contributed by atoms with Crippen molar-refractivity contribution in [3.8, 4) is 5.69 Å². The minimum atomic E-state index is -3.84. The Kier molecular flexibility index (Phi) is 4.32. The Morgan fingerprint density at radius 1 is 1.41 bits per heavy atom. The standard InChI is InChI=1S/C18H21N3O5S/c1-13-3-4-15(21-7-2-6-19-21)9-16(13)27(24,25)20-10-14-5-8-26-12-18(14,11-20)17(22)23/h2-4,6-7,9,14H,5,8,10-12H2,1H3,(H,22,23)/t14-,18+/m0/s1. The van der Waals surface area contributed by atoms with Crippen LogP contribution < -0.4 is 0 Å². The predicted molar refractivity (Wildman–Crippen MR) is 96.1 cm³/mol. The van der Waals surface area contributed by atoms with Gasteiger partial charge in [0.15, 0.2) is 0 Å². The second-order valence-corrected chi connectivity index (χ2v) is 9.10. The molecule has 0 spiro atoms. The third kappa shape index (κ3) is 2.86. The number of hydrogen-bond acceptors (Lipinski definition) is 5. The van der Waals surface area contributed by atoms with E-state index in [9.17, 15) is 18.3 Å². The Hall–Kier alpha value is -2.23. The third-order valence-corrected chi connectivity index (χ3v) is 7.57. The van der Waals surface area contributed by atoms with Crippen LogP contribution in [-0.4, -0.2) is 59.9 Å². The van der Waals surface area contributed by atoms with Crippen LogP contribution in [0.4, 0.5) is 0 Å². The summed E-state index contributed by atoms with van der Waals surface area (Å²) in [6.07, 6.45) is 3.91. The van der Waals surface area contributed by atoms with Crippen LogP contribution in [0.15, 0.2) is 41.6 Å². The first-order valence-corrected chi connectivity index (χ1v) is 10.2. The van der Waals surface area contributed by atoms with Gasteiger partial charge in [-0.25, -0.2) is 13.1 Å². The van der Waals surface area contributed by atoms with Gasteiger partial charge in [-0.05, 0) is 43.0 Å². The Bertz CT molecular complexity index is 973. The first-order chi connectivity index (χ1) is 12.8. The van der Waals surface area contributed by atoms with Crippen molar-refractivity contribution < 1.29 is 23.1 Å². The zero-order chi connectivity index (χ0) is 19.2. The van der Waals surface area contributed by atoms with Crippen molar-refractivity contribution in [2.24, 2.45) is 11.3 Å². The van der Waals surface area contributed by atoms with Crippen LogP contribution in [0.5, 0.6) is 0 Å². The van der Waals surface area contributed by atoms with Gasteiger partial charge in [-0.15, -0.1) is 0 Å². The average Bonchev–Trinajstić information content (AvgIpc) is 3.30. The second kappa shape index (κ2) is 6.43. The van der Waals surface area contributed by atoms with E-state index >= 15 is 0 Å². The molecule has 0 amide bonds. The summed E-state index contributed by atoms with van der Waals surface area (Å²) >= 11 is 0. The summed E-state index contributed by atoms with van der Waals surface area (Å²) in [5.74, 6) is -1.24. The van der Waals surface area contributed by atoms with Gasteiger partial charge in [0.05, 0.1) is 17.2 Å². The number of nitrogens with zero attached hydrogens (tertiary/aromatic N) is 3. The predicted octanol–water partition coefficient (Wildman–Crippen LogP) is 1.29. The SMILES string of the molecule is Cc1ccc(-n2cccn2)cc1S(=O)(=O)N1C[C@@H]2CCOC[C@]2(C(=O)O)C1. The van der Waals surface area contributed by atoms with Crippen LogP contribution in [0.1, 0.15) is 12.0 Å². The molecule has 2 atom stereocenters. The number of aryl methyl sites for hydroxylation is 1. The first kappa shape index (κ1) is 18.1. The number of hydrogen-bond donors (Lipinski definition) is 1. The number of carboxylic acid groups (broad SMARTS) is 1. The van der Waals surface area contributed by atoms with Crippen LogP contribution in [0.25, 0.3) is 5.69 Å². The number of ether oxygens (including phenoxy) is 1. The molecule has 0 bridgehead atoms. The number of aromatic nitrogens is 2. The largest absolute Gasteiger partial charge is 0.481 e. The first-order valence-electron chi connectivity index (χ1n) is 8.76. The highest BCUT2D eigenvalue weighted by atomic mass is 32.2. The maximum absolute atomic E-state index is 13.3. The van der Waals surface area contributed by atoms with E-state index in [0.717, 1.165) is 0 Å². The normalized spacial score (nSPS) is 26.0. The number of sulfonamides is 1. The molecule has 0 unspecified atom stereocenters. The number of fused-ring (bicyclic) bond motifs is 1. The lowest BCUT2D eigenvalue weighted by atomic mass is 9.76. The highest BCUT2D eigenvalue weighted by molar-refractivity contribution is 7.89. The summed E-state index contributed by atoms with van der Waals surface area (Å²) in [5.41, 5.74) is 0.0807. The third-order valence-electron chi connectivity index (χ3n) is 5.62. The van der Waals surface area contributed by atoms with Gasteiger partial charge in [0.25, 0.3) is 0 Å². The van der Waals surface area contributed by atoms with Crippen molar-refractivity contribution in [1.82, 2.24) is 14.1 Å². The van der Waals surface area contributed by atoms with Crippen LogP contribution in [0.2, 0.25) is 0 Å². The van der Waals surface area contributed by atoms with Crippen LogP contribution >= 0.6 is 0 Å². The van der Waals surface area contributed by atoms with Gasteiger partial charge in [0.2, 0.25) is 10.0 Å². The molecule has 2 aliphatic rings. The lowest BCUT2D eigenvalue weighted by Gasteiger charge is -2.34. The lowest BCUT2D eigenvalue weighted by Crippen LogP contribution is -2.46. The van der Waals surface area contributed by atoms with Gasteiger partial charge in [0, 0.05) is 32.1 Å². The van der Waals surface area contributed by atoms with Crippen molar-refractivity contribution in [3.63, 3.8) is 0 Å². The molecular formula is C18H21N3O5S. The molecule has 2 fully saturated rings. The Labute approximate surface area is 157 Å². The maximum atomic E-state index is 13.3. The molecule has 2 aromatic rings. The van der Waals surface area contributed by atoms with Gasteiger partial charge < -0.3 is 9.84 Å². The van der Waals surface area contributed by atoms with E-state index in [-0.39, 0.29) is 30.5 Å². The fourth-order valence-electron chi connectivity index (χ4n) is 4.00. The van der Waals surface area contributed by atoms with E-state index in [1.807, 2.05) is 0 Å². The van der Waals surface area contributed by atoms with Crippen molar-refractivity contribution >= 4 is 16.0 Å². The minimum Gasteiger partial charge on any atom is -0.481 e. The summed E-state index contributed by atoms with van der Waals surface area (Å²) in [5, 5.41) is 13.9. The van der Waals surface area contributed by atoms with Crippen molar-refractivity contribution in [1.29, 1.82) is 0 Å². The molecule has 2 aliphatic heterocycles. The summed E-state index contributed by atoms with van der Waals surface area (Å²) in [4.78, 5) is 12.1. The number of rotatable bonds is 4. The molecule has 3 heterocycles. The van der Waals surface area contributed by atoms with Gasteiger partial charge in [-0.2, -0.15) is 9.40 Å². The monoisotopic (exact) mass is 391 g/mol. The summed E-state index contributed by atoms with van der Waals surface area (Å²) in [6.45, 7) is 2.37. The highest BCUT2D eigenvalue weighted by Gasteiger charge is 2.56. The molecule has 144 valence electrons. The Morgan fingerprint density at radius 2 is 2.22 bits per heavy atom. The van der Waals surface area contributed by atoms with E-state index < -0.39 is 21.4 Å². The fraction of sp³-hybridized carbons (Fsp3) is 0.444. The summed E-state index contributed by atoms with van der Waals surface area (Å²) in [7, 11) is -3.84. The molecule has 27 heavy (non-hydrogen) atoms. The fourth-order valence-corrected chi connectivity index (χ4v) is 5.80. The van der Waals surface area contributed by atoms with Crippen LogP contribution in [-0.2, 0) is 19.6 Å². The van der Waals surface area contributed by atoms with E-state index in [0.29, 0.717) is 24.3 Å². The zero-order valence-corrected chi connectivity index (χ0v) is 15.7. The van der Waals surface area contributed by atoms with Crippen LogP contribution in [0.3, 0.4) is 0 Å². The number of aliphatic carboxylic acids is 1. The molecule has 4 rings (SSSR count). The molecular weight excluding hydrogens is 370 g/mol. The van der Waals surface area contributed by atoms with Crippen molar-refractivity contribution in [3.05, 3.63) is 42.2 Å². The Balaban J connectivity index is 1.72. The lowest BCUT2D eigenvalue weighted by molar-refractivity contribution is -0.159. The molecule has 0 aliphatic carbocycles. The minimum absolute atomic E-state index is 0.0470. The number of benzene rings is 1. The number of carboxylic acids is 1. The quantitative estimate of drug-likeness (QED) is 0.843. The maximum Gasteiger partial charge on any atom is 0.313 e. The molecule has 2 saturated heterocycles. The van der Waals surface area contributed by atoms with Crippen molar-refractivity contribution in [2.75, 3.05) is 26.3 Å². The molecule has 9 heteroatoms. The zero-order valence-electron chi connectivity index (χ0n) is 14.9. The van der Waals surface area contributed by atoms with E-state index in [1.54, 1.807) is 48.3 Å². The van der Waals surface area contributed by atoms with E-state index in [2.05, 4.69) is 5.10 Å². The average molecular weight is 391 g/mol. The van der Waals surface area contributed by atoms with Gasteiger partial charge in [0.1, 0.15) is 5.41 Å².